The first-order valence-electron chi connectivity index (χ1n) is 8.65. The van der Waals surface area contributed by atoms with Gasteiger partial charge in [-0.3, -0.25) is 4.79 Å². The predicted molar refractivity (Wildman–Crippen MR) is 116 cm³/mol. The first-order chi connectivity index (χ1) is 13.9. The van der Waals surface area contributed by atoms with E-state index in [9.17, 15) is 9.59 Å². The van der Waals surface area contributed by atoms with Crippen LogP contribution in [0.4, 0.5) is 0 Å². The fourth-order valence-electron chi connectivity index (χ4n) is 2.29. The van der Waals surface area contributed by atoms with Crippen LogP contribution in [-0.2, 0) is 20.7 Å². The van der Waals surface area contributed by atoms with Crippen molar-refractivity contribution in [2.45, 2.75) is 13.3 Å². The van der Waals surface area contributed by atoms with Crippen LogP contribution in [0.15, 0.2) is 50.4 Å². The lowest BCUT2D eigenvalue weighted by molar-refractivity contribution is -0.145. The number of rotatable bonds is 9. The number of amides is 1. The van der Waals surface area contributed by atoms with Gasteiger partial charge in [0.05, 0.1) is 30.8 Å². The van der Waals surface area contributed by atoms with Crippen LogP contribution in [0.1, 0.15) is 18.1 Å². The lowest BCUT2D eigenvalue weighted by Gasteiger charge is -2.13. The van der Waals surface area contributed by atoms with Gasteiger partial charge in [-0.2, -0.15) is 5.10 Å². The van der Waals surface area contributed by atoms with Gasteiger partial charge in [-0.05, 0) is 58.2 Å². The second-order valence-corrected chi connectivity index (χ2v) is 7.49. The number of esters is 1. The van der Waals surface area contributed by atoms with E-state index < -0.39 is 5.97 Å². The van der Waals surface area contributed by atoms with E-state index in [0.29, 0.717) is 21.5 Å². The van der Waals surface area contributed by atoms with E-state index in [1.54, 1.807) is 19.1 Å². The van der Waals surface area contributed by atoms with Crippen LogP contribution in [0.25, 0.3) is 0 Å². The van der Waals surface area contributed by atoms with Gasteiger partial charge in [-0.15, -0.1) is 0 Å². The number of ether oxygens (including phenoxy) is 3. The van der Waals surface area contributed by atoms with Crippen molar-refractivity contribution in [2.75, 3.05) is 20.3 Å². The molecule has 1 N–H and O–H groups in total. The summed E-state index contributed by atoms with van der Waals surface area (Å²) in [7, 11) is 1.49. The first-order valence-corrected chi connectivity index (χ1v) is 10.2. The van der Waals surface area contributed by atoms with Gasteiger partial charge in [-0.25, -0.2) is 10.2 Å². The van der Waals surface area contributed by atoms with Gasteiger partial charge in [-0.1, -0.05) is 28.1 Å². The van der Waals surface area contributed by atoms with Gasteiger partial charge in [0.25, 0.3) is 0 Å². The maximum Gasteiger partial charge on any atom is 0.344 e. The summed E-state index contributed by atoms with van der Waals surface area (Å²) >= 11 is 6.74. The molecule has 0 spiro atoms. The maximum absolute atomic E-state index is 12.0. The third-order valence-electron chi connectivity index (χ3n) is 3.57. The molecule has 0 heterocycles. The standard InChI is InChI=1S/C20H20Br2N2O5/c1-3-28-19(26)12-29-20-16(22)8-14(9-17(20)27-2)11-23-24-18(25)10-13-4-6-15(21)7-5-13/h4-9,11H,3,10,12H2,1-2H3,(H,24,25)/b23-11+. The summed E-state index contributed by atoms with van der Waals surface area (Å²) in [6.07, 6.45) is 1.71. The zero-order valence-electron chi connectivity index (χ0n) is 15.9. The number of methoxy groups -OCH3 is 1. The number of benzene rings is 2. The van der Waals surface area contributed by atoms with Crippen molar-refractivity contribution in [3.63, 3.8) is 0 Å². The Labute approximate surface area is 185 Å². The molecular formula is C20H20Br2N2O5. The molecule has 7 nitrogen and oxygen atoms in total. The van der Waals surface area contributed by atoms with E-state index in [4.69, 9.17) is 14.2 Å². The number of nitrogens with one attached hydrogen (secondary N) is 1. The molecule has 0 fully saturated rings. The van der Waals surface area contributed by atoms with Crippen LogP contribution < -0.4 is 14.9 Å². The third-order valence-corrected chi connectivity index (χ3v) is 4.69. The molecule has 1 amide bonds. The number of hydrazone groups is 1. The Balaban J connectivity index is 1.99. The van der Waals surface area contributed by atoms with Gasteiger partial charge in [0, 0.05) is 4.47 Å². The molecule has 0 saturated carbocycles. The molecule has 2 aromatic rings. The Bertz CT molecular complexity index is 885. The Morgan fingerprint density at radius 2 is 1.90 bits per heavy atom. The van der Waals surface area contributed by atoms with E-state index >= 15 is 0 Å². The van der Waals surface area contributed by atoms with E-state index in [2.05, 4.69) is 42.4 Å². The van der Waals surface area contributed by atoms with Crippen LogP contribution in [-0.4, -0.2) is 38.4 Å². The van der Waals surface area contributed by atoms with E-state index in [-0.39, 0.29) is 25.5 Å². The summed E-state index contributed by atoms with van der Waals surface area (Å²) in [6.45, 7) is 1.77. The number of nitrogens with zero attached hydrogens (tertiary/aromatic N) is 1. The summed E-state index contributed by atoms with van der Waals surface area (Å²) in [5.74, 6) is 0.0767. The Kier molecular flexibility index (Phi) is 9.14. The minimum absolute atomic E-state index is 0.221. The third kappa shape index (κ3) is 7.51. The zero-order chi connectivity index (χ0) is 21.2. The molecule has 2 rings (SSSR count). The number of carbonyl (C=O) groups excluding carboxylic acids is 2. The first kappa shape index (κ1) is 22.9. The van der Waals surface area contributed by atoms with Gasteiger partial charge in [0.2, 0.25) is 5.91 Å². The zero-order valence-corrected chi connectivity index (χ0v) is 19.1. The molecular weight excluding hydrogens is 508 g/mol. The summed E-state index contributed by atoms with van der Waals surface area (Å²) in [4.78, 5) is 23.5. The highest BCUT2D eigenvalue weighted by molar-refractivity contribution is 9.10. The van der Waals surface area contributed by atoms with Gasteiger partial charge in [0.15, 0.2) is 18.1 Å². The van der Waals surface area contributed by atoms with E-state index in [1.165, 1.54) is 13.3 Å². The number of hydrogen-bond acceptors (Lipinski definition) is 6. The van der Waals surface area contributed by atoms with Gasteiger partial charge in [0.1, 0.15) is 0 Å². The summed E-state index contributed by atoms with van der Waals surface area (Å²) in [5.41, 5.74) is 4.04. The molecule has 0 atom stereocenters. The highest BCUT2D eigenvalue weighted by Gasteiger charge is 2.13. The van der Waals surface area contributed by atoms with Crippen LogP contribution in [0.2, 0.25) is 0 Å². The topological polar surface area (TPSA) is 86.2 Å². The summed E-state index contributed by atoms with van der Waals surface area (Å²) in [5, 5.41) is 3.97. The molecule has 0 aliphatic heterocycles. The van der Waals surface area contributed by atoms with E-state index in [1.807, 2.05) is 24.3 Å². The second-order valence-electron chi connectivity index (χ2n) is 5.72. The molecule has 2 aromatic carbocycles. The molecule has 29 heavy (non-hydrogen) atoms. The van der Waals surface area contributed by atoms with Crippen molar-refractivity contribution in [2.24, 2.45) is 5.10 Å². The van der Waals surface area contributed by atoms with Gasteiger partial charge >= 0.3 is 5.97 Å². The SMILES string of the molecule is CCOC(=O)COc1c(Br)cc(/C=N/NC(=O)Cc2ccc(Br)cc2)cc1OC. The quantitative estimate of drug-likeness (QED) is 0.304. The van der Waals surface area contributed by atoms with Crippen molar-refractivity contribution >= 4 is 50.0 Å². The predicted octanol–water partition coefficient (Wildman–Crippen LogP) is 3.85. The maximum atomic E-state index is 12.0. The monoisotopic (exact) mass is 526 g/mol. The molecule has 0 aromatic heterocycles. The Morgan fingerprint density at radius 3 is 2.55 bits per heavy atom. The van der Waals surface area contributed by atoms with Crippen LogP contribution in [0.3, 0.4) is 0 Å². The van der Waals surface area contributed by atoms with Crippen LogP contribution in [0, 0.1) is 0 Å². The molecule has 154 valence electrons. The number of carbonyl (C=O) groups is 2. The average Bonchev–Trinajstić information content (AvgIpc) is 2.68. The van der Waals surface area contributed by atoms with Crippen LogP contribution in [0.5, 0.6) is 11.5 Å². The fourth-order valence-corrected chi connectivity index (χ4v) is 3.13. The lowest BCUT2D eigenvalue weighted by Crippen LogP contribution is -2.19. The van der Waals surface area contributed by atoms with E-state index in [0.717, 1.165) is 10.0 Å². The minimum atomic E-state index is -0.472. The molecule has 0 bridgehead atoms. The smallest absolute Gasteiger partial charge is 0.344 e. The average molecular weight is 528 g/mol. The molecule has 0 saturated heterocycles. The number of halogens is 2. The highest BCUT2D eigenvalue weighted by atomic mass is 79.9. The fraction of sp³-hybridized carbons (Fsp3) is 0.250. The van der Waals surface area contributed by atoms with Crippen molar-refractivity contribution in [1.29, 1.82) is 0 Å². The molecule has 0 aliphatic rings. The normalized spacial score (nSPS) is 10.6. The molecule has 0 unspecified atom stereocenters. The van der Waals surface area contributed by atoms with Crippen molar-refractivity contribution in [1.82, 2.24) is 5.43 Å². The lowest BCUT2D eigenvalue weighted by atomic mass is 10.1. The Morgan fingerprint density at radius 1 is 1.17 bits per heavy atom. The van der Waals surface area contributed by atoms with Gasteiger partial charge < -0.3 is 14.2 Å². The molecule has 0 radical (unpaired) electrons. The molecule has 0 aliphatic carbocycles. The largest absolute Gasteiger partial charge is 0.493 e. The van der Waals surface area contributed by atoms with Crippen molar-refractivity contribution < 1.29 is 23.8 Å². The summed E-state index contributed by atoms with van der Waals surface area (Å²) in [6, 6.07) is 10.9. The van der Waals surface area contributed by atoms with Crippen molar-refractivity contribution in [3.05, 3.63) is 56.5 Å². The van der Waals surface area contributed by atoms with Crippen molar-refractivity contribution in [3.8, 4) is 11.5 Å². The molecule has 9 heteroatoms. The van der Waals surface area contributed by atoms with Crippen LogP contribution >= 0.6 is 31.9 Å². The second kappa shape index (κ2) is 11.6. The Hall–Kier alpha value is -2.39. The summed E-state index contributed by atoms with van der Waals surface area (Å²) < 4.78 is 17.2. The number of hydrogen-bond donors (Lipinski definition) is 1. The minimum Gasteiger partial charge on any atom is -0.493 e. The highest BCUT2D eigenvalue weighted by Crippen LogP contribution is 2.36.